The lowest BCUT2D eigenvalue weighted by Crippen LogP contribution is -2.47. The van der Waals surface area contributed by atoms with E-state index < -0.39 is 8.32 Å². The van der Waals surface area contributed by atoms with Gasteiger partial charge in [0.05, 0.1) is 25.4 Å². The lowest BCUT2D eigenvalue weighted by Gasteiger charge is -2.37. The molecule has 1 saturated heterocycles. The Labute approximate surface area is 216 Å². The standard InChI is InChI=1S/C29H49BO4Si/c1-29(2,3)35(4,5)32-22-26(31-21-23-15-9-6-10-16-23)30-33-27(24-17-11-7-12-18-24)28(34-30)25-19-13-8-14-20-25/h6,9-10,15-16,24-28H,7-8,11-14,17-22H2,1-5H3/t26-,27-,28-/m0/s1. The lowest BCUT2D eigenvalue weighted by atomic mass is 9.77. The molecule has 0 N–H and O–H groups in total. The first-order chi connectivity index (χ1) is 16.7. The first kappa shape index (κ1) is 27.4. The molecular formula is C29H49BO4Si. The zero-order valence-electron chi connectivity index (χ0n) is 23.0. The molecular weight excluding hydrogens is 451 g/mol. The molecule has 0 unspecified atom stereocenters. The molecule has 3 fully saturated rings. The van der Waals surface area contributed by atoms with Crippen molar-refractivity contribution < 1.29 is 18.5 Å². The molecule has 3 atom stereocenters. The molecule has 1 aromatic rings. The third kappa shape index (κ3) is 7.22. The van der Waals surface area contributed by atoms with Gasteiger partial charge in [0.25, 0.3) is 0 Å². The van der Waals surface area contributed by atoms with Crippen LogP contribution in [0.5, 0.6) is 0 Å². The Morgan fingerprint density at radius 2 is 1.37 bits per heavy atom. The largest absolute Gasteiger partial charge is 0.490 e. The normalized spacial score (nSPS) is 26.3. The molecule has 0 bridgehead atoms. The first-order valence-corrected chi connectivity index (χ1v) is 17.3. The lowest BCUT2D eigenvalue weighted by molar-refractivity contribution is 0.0289. The van der Waals surface area contributed by atoms with Crippen molar-refractivity contribution in [1.82, 2.24) is 0 Å². The van der Waals surface area contributed by atoms with Gasteiger partial charge in [0.2, 0.25) is 0 Å². The fourth-order valence-corrected chi connectivity index (χ4v) is 6.86. The summed E-state index contributed by atoms with van der Waals surface area (Å²) in [6.45, 7) is 12.6. The summed E-state index contributed by atoms with van der Waals surface area (Å²) < 4.78 is 26.9. The summed E-state index contributed by atoms with van der Waals surface area (Å²) in [6, 6.07) is 10.2. The maximum absolute atomic E-state index is 6.86. The van der Waals surface area contributed by atoms with Crippen LogP contribution in [-0.4, -0.2) is 40.3 Å². The van der Waals surface area contributed by atoms with Gasteiger partial charge in [-0.3, -0.25) is 0 Å². The average molecular weight is 501 g/mol. The molecule has 6 heteroatoms. The Hall–Kier alpha value is -0.658. The van der Waals surface area contributed by atoms with E-state index in [1.807, 2.05) is 6.07 Å². The van der Waals surface area contributed by atoms with Crippen LogP contribution in [0.2, 0.25) is 18.1 Å². The first-order valence-electron chi connectivity index (χ1n) is 14.3. The van der Waals surface area contributed by atoms with Gasteiger partial charge in [-0.05, 0) is 61.2 Å². The fraction of sp³-hybridized carbons (Fsp3) is 0.793. The van der Waals surface area contributed by atoms with Crippen molar-refractivity contribution in [3.8, 4) is 0 Å². The van der Waals surface area contributed by atoms with Crippen molar-refractivity contribution in [1.29, 1.82) is 0 Å². The van der Waals surface area contributed by atoms with Crippen molar-refractivity contribution in [2.45, 2.75) is 128 Å². The highest BCUT2D eigenvalue weighted by molar-refractivity contribution is 6.74. The molecule has 0 radical (unpaired) electrons. The smallest absolute Gasteiger partial charge is 0.415 e. The molecule has 2 aliphatic carbocycles. The minimum Gasteiger partial charge on any atom is -0.415 e. The summed E-state index contributed by atoms with van der Waals surface area (Å²) in [5, 5.41) is 0.156. The minimum atomic E-state index is -1.92. The molecule has 0 aromatic heterocycles. The summed E-state index contributed by atoms with van der Waals surface area (Å²) in [7, 11) is -2.26. The third-order valence-electron chi connectivity index (χ3n) is 9.16. The highest BCUT2D eigenvalue weighted by atomic mass is 28.4. The maximum atomic E-state index is 6.86. The van der Waals surface area contributed by atoms with Crippen molar-refractivity contribution in [2.24, 2.45) is 11.8 Å². The van der Waals surface area contributed by atoms with Crippen LogP contribution in [0.25, 0.3) is 0 Å². The van der Waals surface area contributed by atoms with Crippen LogP contribution >= 0.6 is 0 Å². The van der Waals surface area contributed by atoms with Gasteiger partial charge in [0.15, 0.2) is 8.32 Å². The number of ether oxygens (including phenoxy) is 1. The second-order valence-corrected chi connectivity index (χ2v) is 17.6. The highest BCUT2D eigenvalue weighted by Gasteiger charge is 2.51. The van der Waals surface area contributed by atoms with Crippen LogP contribution in [0.15, 0.2) is 30.3 Å². The molecule has 35 heavy (non-hydrogen) atoms. The van der Waals surface area contributed by atoms with E-state index in [1.165, 1.54) is 69.8 Å². The van der Waals surface area contributed by atoms with E-state index in [2.05, 4.69) is 58.1 Å². The Morgan fingerprint density at radius 1 is 0.857 bits per heavy atom. The Bertz CT molecular complexity index is 730. The second kappa shape index (κ2) is 12.3. The SMILES string of the molecule is CC(C)(C)[Si](C)(C)OC[C@H](OCc1ccccc1)B1O[C@@H](C2CCCCC2)[C@H](C2CCCCC2)O1. The molecule has 4 nitrogen and oxygen atoms in total. The van der Waals surface area contributed by atoms with Gasteiger partial charge in [-0.1, -0.05) is 89.6 Å². The number of hydrogen-bond donors (Lipinski definition) is 0. The van der Waals surface area contributed by atoms with Gasteiger partial charge >= 0.3 is 7.12 Å². The molecule has 3 aliphatic rings. The van der Waals surface area contributed by atoms with Gasteiger partial charge in [-0.15, -0.1) is 0 Å². The van der Waals surface area contributed by atoms with Crippen molar-refractivity contribution in [3.05, 3.63) is 35.9 Å². The summed E-state index contributed by atoms with van der Waals surface area (Å²) in [4.78, 5) is 0. The summed E-state index contributed by atoms with van der Waals surface area (Å²) in [5.74, 6) is 1.24. The third-order valence-corrected chi connectivity index (χ3v) is 13.7. The van der Waals surface area contributed by atoms with E-state index in [0.29, 0.717) is 25.0 Å². The second-order valence-electron chi connectivity index (χ2n) is 12.8. The summed E-state index contributed by atoms with van der Waals surface area (Å²) >= 11 is 0. The van der Waals surface area contributed by atoms with Crippen LogP contribution in [0.1, 0.15) is 90.5 Å². The molecule has 0 amide bonds. The van der Waals surface area contributed by atoms with Crippen LogP contribution in [0.3, 0.4) is 0 Å². The van der Waals surface area contributed by atoms with Gasteiger partial charge in [-0.2, -0.15) is 0 Å². The minimum absolute atomic E-state index is 0.156. The Morgan fingerprint density at radius 3 is 1.86 bits per heavy atom. The zero-order valence-corrected chi connectivity index (χ0v) is 24.0. The number of rotatable bonds is 9. The molecule has 1 aliphatic heterocycles. The van der Waals surface area contributed by atoms with Crippen molar-refractivity contribution in [3.63, 3.8) is 0 Å². The Kier molecular flexibility index (Phi) is 9.59. The fourth-order valence-electron chi connectivity index (χ4n) is 5.85. The topological polar surface area (TPSA) is 36.9 Å². The number of benzene rings is 1. The van der Waals surface area contributed by atoms with Crippen LogP contribution in [-0.2, 0) is 25.1 Å². The van der Waals surface area contributed by atoms with Gasteiger partial charge in [0.1, 0.15) is 6.00 Å². The van der Waals surface area contributed by atoms with E-state index in [4.69, 9.17) is 18.5 Å². The van der Waals surface area contributed by atoms with Crippen LogP contribution < -0.4 is 0 Å². The van der Waals surface area contributed by atoms with Gasteiger partial charge in [0, 0.05) is 0 Å². The Balaban J connectivity index is 1.50. The van der Waals surface area contributed by atoms with E-state index in [9.17, 15) is 0 Å². The quantitative estimate of drug-likeness (QED) is 0.328. The van der Waals surface area contributed by atoms with E-state index >= 15 is 0 Å². The molecule has 0 spiro atoms. The molecule has 2 saturated carbocycles. The molecule has 4 rings (SSSR count). The predicted molar refractivity (Wildman–Crippen MR) is 147 cm³/mol. The molecule has 1 aromatic carbocycles. The predicted octanol–water partition coefficient (Wildman–Crippen LogP) is 7.57. The summed E-state index contributed by atoms with van der Waals surface area (Å²) in [6.07, 6.45) is 13.6. The zero-order chi connectivity index (χ0) is 24.9. The van der Waals surface area contributed by atoms with Gasteiger partial charge in [-0.25, -0.2) is 0 Å². The maximum Gasteiger partial charge on any atom is 0.490 e. The molecule has 1 heterocycles. The van der Waals surface area contributed by atoms with E-state index in [1.54, 1.807) is 0 Å². The van der Waals surface area contributed by atoms with Crippen LogP contribution in [0.4, 0.5) is 0 Å². The average Bonchev–Trinajstić information content (AvgIpc) is 3.30. The van der Waals surface area contributed by atoms with Crippen molar-refractivity contribution in [2.75, 3.05) is 6.61 Å². The van der Waals surface area contributed by atoms with E-state index in [0.717, 1.165) is 0 Å². The molecule has 196 valence electrons. The van der Waals surface area contributed by atoms with Crippen LogP contribution in [0, 0.1) is 11.8 Å². The van der Waals surface area contributed by atoms with Crippen molar-refractivity contribution >= 4 is 15.4 Å². The highest BCUT2D eigenvalue weighted by Crippen LogP contribution is 2.42. The monoisotopic (exact) mass is 500 g/mol. The van der Waals surface area contributed by atoms with Gasteiger partial charge < -0.3 is 18.5 Å². The summed E-state index contributed by atoms with van der Waals surface area (Å²) in [5.41, 5.74) is 1.18. The van der Waals surface area contributed by atoms with E-state index in [-0.39, 0.29) is 30.4 Å². The number of hydrogen-bond acceptors (Lipinski definition) is 4.